The largest absolute Gasteiger partial charge is 0.326 e. The van der Waals surface area contributed by atoms with Crippen molar-refractivity contribution in [2.24, 2.45) is 17.6 Å². The van der Waals surface area contributed by atoms with Crippen LogP contribution in [0.3, 0.4) is 0 Å². The Morgan fingerprint density at radius 2 is 1.87 bits per heavy atom. The maximum Gasteiger partial charge on any atom is 0.0328 e. The quantitative estimate of drug-likeness (QED) is 0.853. The van der Waals surface area contributed by atoms with Crippen molar-refractivity contribution >= 4 is 11.3 Å². The molecule has 2 atom stereocenters. The molecule has 1 aliphatic heterocycles. The fourth-order valence-corrected chi connectivity index (χ4v) is 3.15. The van der Waals surface area contributed by atoms with Crippen molar-refractivity contribution in [2.45, 2.75) is 26.9 Å². The average Bonchev–Trinajstić information content (AvgIpc) is 2.76. The molecule has 0 amide bonds. The van der Waals surface area contributed by atoms with Crippen molar-refractivity contribution in [3.05, 3.63) is 21.9 Å². The molecule has 2 nitrogen and oxygen atoms in total. The van der Waals surface area contributed by atoms with Crippen LogP contribution in [0.2, 0.25) is 0 Å². The summed E-state index contributed by atoms with van der Waals surface area (Å²) in [7, 11) is 0. The Morgan fingerprint density at radius 1 is 1.27 bits per heavy atom. The molecule has 0 aromatic carbocycles. The third kappa shape index (κ3) is 2.60. The molecule has 1 aliphatic rings. The number of hydrogen-bond donors (Lipinski definition) is 1. The minimum Gasteiger partial charge on any atom is -0.326 e. The average molecular weight is 224 g/mol. The van der Waals surface area contributed by atoms with Gasteiger partial charge in [0, 0.05) is 35.9 Å². The van der Waals surface area contributed by atoms with Gasteiger partial charge in [-0.15, -0.1) is 11.3 Å². The first-order valence-electron chi connectivity index (χ1n) is 5.69. The summed E-state index contributed by atoms with van der Waals surface area (Å²) in [5, 5.41) is 0. The molecule has 2 heterocycles. The highest BCUT2D eigenvalue weighted by Crippen LogP contribution is 2.25. The monoisotopic (exact) mass is 224 g/mol. The number of rotatable bonds is 3. The normalized spacial score (nSPS) is 27.4. The van der Waals surface area contributed by atoms with Crippen LogP contribution in [-0.2, 0) is 13.1 Å². The van der Waals surface area contributed by atoms with Gasteiger partial charge in [-0.25, -0.2) is 0 Å². The van der Waals surface area contributed by atoms with Crippen LogP contribution in [-0.4, -0.2) is 18.0 Å². The molecule has 0 saturated carbocycles. The molecule has 0 bridgehead atoms. The molecule has 0 radical (unpaired) electrons. The zero-order valence-electron chi connectivity index (χ0n) is 9.57. The van der Waals surface area contributed by atoms with Crippen molar-refractivity contribution < 1.29 is 0 Å². The lowest BCUT2D eigenvalue weighted by atomic mass is 10.0. The topological polar surface area (TPSA) is 29.3 Å². The van der Waals surface area contributed by atoms with Gasteiger partial charge in [-0.05, 0) is 24.0 Å². The van der Waals surface area contributed by atoms with Gasteiger partial charge >= 0.3 is 0 Å². The molecule has 1 aromatic heterocycles. The van der Waals surface area contributed by atoms with E-state index in [1.54, 1.807) is 0 Å². The number of likely N-dealkylation sites (tertiary alicyclic amines) is 1. The summed E-state index contributed by atoms with van der Waals surface area (Å²) < 4.78 is 0. The number of hydrogen-bond acceptors (Lipinski definition) is 3. The van der Waals surface area contributed by atoms with E-state index in [4.69, 9.17) is 5.73 Å². The Balaban J connectivity index is 1.92. The van der Waals surface area contributed by atoms with Gasteiger partial charge in [-0.3, -0.25) is 4.90 Å². The maximum absolute atomic E-state index is 5.61. The van der Waals surface area contributed by atoms with Gasteiger partial charge in [0.05, 0.1) is 0 Å². The van der Waals surface area contributed by atoms with E-state index >= 15 is 0 Å². The van der Waals surface area contributed by atoms with E-state index in [9.17, 15) is 0 Å². The third-order valence-electron chi connectivity index (χ3n) is 3.36. The van der Waals surface area contributed by atoms with Gasteiger partial charge in [0.25, 0.3) is 0 Å². The van der Waals surface area contributed by atoms with Crippen molar-refractivity contribution in [3.8, 4) is 0 Å². The number of nitrogens with zero attached hydrogens (tertiary/aromatic N) is 1. The Morgan fingerprint density at radius 3 is 2.40 bits per heavy atom. The van der Waals surface area contributed by atoms with Crippen LogP contribution < -0.4 is 5.73 Å². The van der Waals surface area contributed by atoms with Gasteiger partial charge in [-0.2, -0.15) is 0 Å². The molecule has 0 aliphatic carbocycles. The Bertz CT molecular complexity index is 311. The smallest absolute Gasteiger partial charge is 0.0328 e. The van der Waals surface area contributed by atoms with Gasteiger partial charge in [0.2, 0.25) is 0 Å². The molecule has 1 saturated heterocycles. The molecule has 1 fully saturated rings. The fraction of sp³-hybridized carbons (Fsp3) is 0.667. The Hall–Kier alpha value is -0.380. The first-order chi connectivity index (χ1) is 7.19. The fourth-order valence-electron chi connectivity index (χ4n) is 2.22. The van der Waals surface area contributed by atoms with Crippen LogP contribution in [0.1, 0.15) is 23.6 Å². The third-order valence-corrected chi connectivity index (χ3v) is 4.45. The van der Waals surface area contributed by atoms with Crippen LogP contribution >= 0.6 is 11.3 Å². The summed E-state index contributed by atoms with van der Waals surface area (Å²) >= 11 is 1.86. The zero-order chi connectivity index (χ0) is 10.8. The molecule has 2 unspecified atom stereocenters. The molecular weight excluding hydrogens is 204 g/mol. The molecular formula is C12H20N2S. The lowest BCUT2D eigenvalue weighted by Crippen LogP contribution is -2.19. The Labute approximate surface area is 96.1 Å². The number of nitrogens with two attached hydrogens (primary N) is 1. The molecule has 2 N–H and O–H groups in total. The first-order valence-corrected chi connectivity index (χ1v) is 6.50. The minimum absolute atomic E-state index is 0.678. The summed E-state index contributed by atoms with van der Waals surface area (Å²) in [4.78, 5) is 5.31. The highest BCUT2D eigenvalue weighted by atomic mass is 32.1. The summed E-state index contributed by atoms with van der Waals surface area (Å²) in [6, 6.07) is 4.38. The predicted octanol–water partition coefficient (Wildman–Crippen LogP) is 2.29. The molecule has 1 aromatic rings. The molecule has 2 rings (SSSR count). The van der Waals surface area contributed by atoms with Crippen molar-refractivity contribution in [1.82, 2.24) is 4.90 Å². The van der Waals surface area contributed by atoms with Crippen molar-refractivity contribution in [2.75, 3.05) is 13.1 Å². The van der Waals surface area contributed by atoms with Gasteiger partial charge in [0.1, 0.15) is 0 Å². The molecule has 0 spiro atoms. The van der Waals surface area contributed by atoms with Crippen LogP contribution in [0.25, 0.3) is 0 Å². The molecule has 84 valence electrons. The van der Waals surface area contributed by atoms with E-state index in [1.165, 1.54) is 22.8 Å². The van der Waals surface area contributed by atoms with Crippen molar-refractivity contribution in [1.29, 1.82) is 0 Å². The summed E-state index contributed by atoms with van der Waals surface area (Å²) in [5.74, 6) is 1.69. The molecule has 3 heteroatoms. The van der Waals surface area contributed by atoms with E-state index in [2.05, 4.69) is 30.9 Å². The van der Waals surface area contributed by atoms with E-state index in [0.29, 0.717) is 6.54 Å². The van der Waals surface area contributed by atoms with E-state index < -0.39 is 0 Å². The lowest BCUT2D eigenvalue weighted by molar-refractivity contribution is 0.319. The van der Waals surface area contributed by atoms with Crippen molar-refractivity contribution in [3.63, 3.8) is 0 Å². The second-order valence-corrected chi connectivity index (χ2v) is 5.97. The van der Waals surface area contributed by atoms with Crippen LogP contribution in [0, 0.1) is 11.8 Å². The summed E-state index contributed by atoms with van der Waals surface area (Å²) in [5.41, 5.74) is 5.61. The van der Waals surface area contributed by atoms with Crippen LogP contribution in [0.5, 0.6) is 0 Å². The predicted molar refractivity (Wildman–Crippen MR) is 65.8 cm³/mol. The maximum atomic E-state index is 5.61. The second kappa shape index (κ2) is 4.64. The summed E-state index contributed by atoms with van der Waals surface area (Å²) in [6.45, 7) is 8.99. The van der Waals surface area contributed by atoms with Crippen LogP contribution in [0.4, 0.5) is 0 Å². The van der Waals surface area contributed by atoms with Gasteiger partial charge in [0.15, 0.2) is 0 Å². The molecule has 15 heavy (non-hydrogen) atoms. The lowest BCUT2D eigenvalue weighted by Gasteiger charge is -2.13. The Kier molecular flexibility index (Phi) is 3.44. The number of thiophene rings is 1. The van der Waals surface area contributed by atoms with E-state index in [-0.39, 0.29) is 0 Å². The standard InChI is InChI=1S/C12H20N2S/c1-9-6-14(7-10(9)2)8-12-4-3-11(5-13)15-12/h3-4,9-10H,5-8,13H2,1-2H3. The minimum atomic E-state index is 0.678. The first kappa shape index (κ1) is 11.1. The van der Waals surface area contributed by atoms with E-state index in [1.807, 2.05) is 11.3 Å². The van der Waals surface area contributed by atoms with E-state index in [0.717, 1.165) is 18.4 Å². The highest BCUT2D eigenvalue weighted by molar-refractivity contribution is 7.11. The zero-order valence-corrected chi connectivity index (χ0v) is 10.4. The van der Waals surface area contributed by atoms with Crippen LogP contribution in [0.15, 0.2) is 12.1 Å². The highest BCUT2D eigenvalue weighted by Gasteiger charge is 2.25. The van der Waals surface area contributed by atoms with Gasteiger partial charge < -0.3 is 5.73 Å². The summed E-state index contributed by atoms with van der Waals surface area (Å²) in [6.07, 6.45) is 0. The SMILES string of the molecule is CC1CN(Cc2ccc(CN)s2)CC1C. The second-order valence-electron chi connectivity index (χ2n) is 4.72. The van der Waals surface area contributed by atoms with Gasteiger partial charge in [-0.1, -0.05) is 13.8 Å².